The van der Waals surface area contributed by atoms with Gasteiger partial charge in [0.15, 0.2) is 0 Å². The number of nitrogens with zero attached hydrogens (tertiary/aromatic N) is 1. The Morgan fingerprint density at radius 2 is 2.00 bits per heavy atom. The summed E-state index contributed by atoms with van der Waals surface area (Å²) < 4.78 is 0. The lowest BCUT2D eigenvalue weighted by molar-refractivity contribution is 0.881. The van der Waals surface area contributed by atoms with Gasteiger partial charge in [0.1, 0.15) is 0 Å². The van der Waals surface area contributed by atoms with Crippen molar-refractivity contribution >= 4 is 5.71 Å². The molecule has 11 heavy (non-hydrogen) atoms. The molecule has 64 valence electrons. The van der Waals surface area contributed by atoms with Gasteiger partial charge in [-0.2, -0.15) is 0 Å². The molecule has 0 saturated carbocycles. The van der Waals surface area contributed by atoms with Crippen LogP contribution < -0.4 is 5.32 Å². The molecule has 0 amide bonds. The van der Waals surface area contributed by atoms with Gasteiger partial charge in [-0.1, -0.05) is 13.8 Å². The van der Waals surface area contributed by atoms with Crippen molar-refractivity contribution < 1.29 is 0 Å². The summed E-state index contributed by atoms with van der Waals surface area (Å²) in [5.74, 6) is 0.503. The van der Waals surface area contributed by atoms with Gasteiger partial charge in [-0.05, 0) is 18.9 Å². The lowest BCUT2D eigenvalue weighted by Gasteiger charge is -2.05. The molecule has 0 atom stereocenters. The van der Waals surface area contributed by atoms with Crippen LogP contribution in [0.3, 0.4) is 0 Å². The third-order valence-electron chi connectivity index (χ3n) is 1.61. The molecule has 0 saturated heterocycles. The molecule has 0 aromatic carbocycles. The van der Waals surface area contributed by atoms with Crippen LogP contribution in [-0.2, 0) is 0 Å². The molecule has 0 unspecified atom stereocenters. The maximum Gasteiger partial charge on any atom is 0.0387 e. The first-order chi connectivity index (χ1) is 5.11. The second kappa shape index (κ2) is 4.94. The third-order valence-corrected chi connectivity index (χ3v) is 1.61. The van der Waals surface area contributed by atoms with Crippen molar-refractivity contribution in [1.29, 1.82) is 0 Å². The molecule has 0 aliphatic heterocycles. The number of aliphatic imine (C=N–C) groups is 1. The summed E-state index contributed by atoms with van der Waals surface area (Å²) in [5, 5.41) is 3.06. The summed E-state index contributed by atoms with van der Waals surface area (Å²) in [5.41, 5.74) is 2.29. The fourth-order valence-electron chi connectivity index (χ4n) is 0.783. The molecule has 0 spiro atoms. The number of hydrogen-bond acceptors (Lipinski definition) is 2. The summed E-state index contributed by atoms with van der Waals surface area (Å²) in [6.45, 7) is 6.32. The van der Waals surface area contributed by atoms with E-state index < -0.39 is 0 Å². The maximum absolute atomic E-state index is 4.18. The molecule has 1 N–H and O–H groups in total. The number of nitrogens with one attached hydrogen (secondary N) is 1. The Morgan fingerprint density at radius 1 is 1.45 bits per heavy atom. The fraction of sp³-hybridized carbons (Fsp3) is 0.667. The zero-order chi connectivity index (χ0) is 8.85. The molecule has 0 aliphatic rings. The van der Waals surface area contributed by atoms with E-state index in [-0.39, 0.29) is 0 Å². The molecule has 0 radical (unpaired) electrons. The van der Waals surface area contributed by atoms with E-state index in [2.05, 4.69) is 30.2 Å². The molecule has 2 nitrogen and oxygen atoms in total. The van der Waals surface area contributed by atoms with Crippen LogP contribution in [0.25, 0.3) is 0 Å². The van der Waals surface area contributed by atoms with Crippen LogP contribution in [0.4, 0.5) is 0 Å². The van der Waals surface area contributed by atoms with Crippen molar-refractivity contribution in [1.82, 2.24) is 5.32 Å². The van der Waals surface area contributed by atoms with E-state index in [0.717, 1.165) is 11.4 Å². The Balaban J connectivity index is 4.32. The molecule has 0 bridgehead atoms. The molecule has 0 heterocycles. The van der Waals surface area contributed by atoms with Gasteiger partial charge in [-0.3, -0.25) is 4.99 Å². The molecule has 2 heteroatoms. The number of rotatable bonds is 3. The highest BCUT2D eigenvalue weighted by Crippen LogP contribution is 2.00. The molecule has 0 fully saturated rings. The first-order valence-corrected chi connectivity index (χ1v) is 3.94. The molecular formula is C9H18N2. The van der Waals surface area contributed by atoms with Gasteiger partial charge in [0.05, 0.1) is 0 Å². The molecular weight excluding hydrogens is 136 g/mol. The van der Waals surface area contributed by atoms with Crippen LogP contribution in [0.1, 0.15) is 20.8 Å². The fourth-order valence-corrected chi connectivity index (χ4v) is 0.783. The highest BCUT2D eigenvalue weighted by Gasteiger charge is 1.99. The average molecular weight is 154 g/mol. The Kier molecular flexibility index (Phi) is 4.59. The van der Waals surface area contributed by atoms with E-state index in [9.17, 15) is 0 Å². The minimum atomic E-state index is 0.503. The summed E-state index contributed by atoms with van der Waals surface area (Å²) in [6.07, 6.45) is 2.07. The first kappa shape index (κ1) is 10.2. The highest BCUT2D eigenvalue weighted by molar-refractivity contribution is 5.96. The monoisotopic (exact) mass is 154 g/mol. The van der Waals surface area contributed by atoms with E-state index in [1.54, 1.807) is 0 Å². The second-order valence-electron chi connectivity index (χ2n) is 2.88. The minimum Gasteiger partial charge on any atom is -0.392 e. The lowest BCUT2D eigenvalue weighted by Crippen LogP contribution is -2.09. The quantitative estimate of drug-likeness (QED) is 0.616. The SMILES string of the molecule is CN=C(/C=C(/C)NC)C(C)C. The predicted molar refractivity (Wildman–Crippen MR) is 51.0 cm³/mol. The van der Waals surface area contributed by atoms with E-state index in [1.165, 1.54) is 0 Å². The van der Waals surface area contributed by atoms with Crippen LogP contribution in [0.2, 0.25) is 0 Å². The van der Waals surface area contributed by atoms with Gasteiger partial charge in [0, 0.05) is 25.5 Å². The molecule has 0 aliphatic carbocycles. The first-order valence-electron chi connectivity index (χ1n) is 3.94. The largest absolute Gasteiger partial charge is 0.392 e. The van der Waals surface area contributed by atoms with Gasteiger partial charge in [0.2, 0.25) is 0 Å². The van der Waals surface area contributed by atoms with Gasteiger partial charge in [-0.25, -0.2) is 0 Å². The molecule has 0 rings (SSSR count). The minimum absolute atomic E-state index is 0.503. The molecule has 0 aromatic heterocycles. The van der Waals surface area contributed by atoms with E-state index in [0.29, 0.717) is 5.92 Å². The lowest BCUT2D eigenvalue weighted by atomic mass is 10.1. The van der Waals surface area contributed by atoms with Gasteiger partial charge in [0.25, 0.3) is 0 Å². The van der Waals surface area contributed by atoms with Gasteiger partial charge < -0.3 is 5.32 Å². The number of hydrogen-bond donors (Lipinski definition) is 1. The Hall–Kier alpha value is -0.790. The number of allylic oxidation sites excluding steroid dienone is 2. The van der Waals surface area contributed by atoms with Crippen LogP contribution in [-0.4, -0.2) is 19.8 Å². The smallest absolute Gasteiger partial charge is 0.0387 e. The van der Waals surface area contributed by atoms with Crippen LogP contribution in [0, 0.1) is 5.92 Å². The summed E-state index contributed by atoms with van der Waals surface area (Å²) in [6, 6.07) is 0. The maximum atomic E-state index is 4.18. The van der Waals surface area contributed by atoms with Crippen molar-refractivity contribution in [2.24, 2.45) is 10.9 Å². The highest BCUT2D eigenvalue weighted by atomic mass is 14.8. The standard InChI is InChI=1S/C9H18N2/c1-7(2)9(11-5)6-8(3)10-4/h6-7,10H,1-5H3/b8-6-,11-9?. The summed E-state index contributed by atoms with van der Waals surface area (Å²) >= 11 is 0. The van der Waals surface area contributed by atoms with E-state index in [4.69, 9.17) is 0 Å². The molecule has 0 aromatic rings. The Labute approximate surface area is 69.4 Å². The third kappa shape index (κ3) is 3.81. The summed E-state index contributed by atoms with van der Waals surface area (Å²) in [7, 11) is 3.74. The zero-order valence-electron chi connectivity index (χ0n) is 8.10. The Bertz CT molecular complexity index is 166. The van der Waals surface area contributed by atoms with Crippen molar-refractivity contribution in [2.45, 2.75) is 20.8 Å². The van der Waals surface area contributed by atoms with Crippen LogP contribution in [0.5, 0.6) is 0 Å². The summed E-state index contributed by atoms with van der Waals surface area (Å²) in [4.78, 5) is 4.18. The van der Waals surface area contributed by atoms with Crippen molar-refractivity contribution in [3.8, 4) is 0 Å². The normalized spacial score (nSPS) is 14.0. The van der Waals surface area contributed by atoms with Crippen molar-refractivity contribution in [3.63, 3.8) is 0 Å². The van der Waals surface area contributed by atoms with Crippen molar-refractivity contribution in [2.75, 3.05) is 14.1 Å². The average Bonchev–Trinajstić information content (AvgIpc) is 1.99. The van der Waals surface area contributed by atoms with Crippen LogP contribution >= 0.6 is 0 Å². The van der Waals surface area contributed by atoms with Crippen molar-refractivity contribution in [3.05, 3.63) is 11.8 Å². The predicted octanol–water partition coefficient (Wildman–Crippen LogP) is 1.84. The van der Waals surface area contributed by atoms with E-state index >= 15 is 0 Å². The zero-order valence-corrected chi connectivity index (χ0v) is 8.10. The van der Waals surface area contributed by atoms with E-state index in [1.807, 2.05) is 21.0 Å². The second-order valence-corrected chi connectivity index (χ2v) is 2.88. The Morgan fingerprint density at radius 3 is 2.27 bits per heavy atom. The van der Waals surface area contributed by atoms with Crippen LogP contribution in [0.15, 0.2) is 16.8 Å². The topological polar surface area (TPSA) is 24.4 Å². The van der Waals surface area contributed by atoms with Gasteiger partial charge >= 0.3 is 0 Å². The van der Waals surface area contributed by atoms with Gasteiger partial charge in [-0.15, -0.1) is 0 Å².